The fourth-order valence-electron chi connectivity index (χ4n) is 1.51. The van der Waals surface area contributed by atoms with Crippen LogP contribution in [0.1, 0.15) is 12.8 Å². The van der Waals surface area contributed by atoms with E-state index in [4.69, 9.17) is 14.6 Å². The maximum atomic E-state index is 10.4. The van der Waals surface area contributed by atoms with Crippen LogP contribution in [0.2, 0.25) is 0 Å². The first-order valence-electron chi connectivity index (χ1n) is 5.70. The minimum absolute atomic E-state index is 0.228. The van der Waals surface area contributed by atoms with Crippen LogP contribution >= 0.6 is 0 Å². The number of rotatable bonds is 11. The van der Waals surface area contributed by atoms with Gasteiger partial charge in [0.1, 0.15) is 0 Å². The molecule has 0 rings (SSSR count). The number of carboxylic acid groups (broad SMARTS) is 1. The first kappa shape index (κ1) is 16.3. The van der Waals surface area contributed by atoms with Crippen molar-refractivity contribution in [2.75, 3.05) is 47.1 Å². The predicted molar refractivity (Wildman–Crippen MR) is 63.1 cm³/mol. The summed E-state index contributed by atoms with van der Waals surface area (Å²) in [6.45, 7) is 3.00. The van der Waals surface area contributed by atoms with Crippen molar-refractivity contribution in [1.82, 2.24) is 4.90 Å². The Morgan fingerprint density at radius 2 is 1.88 bits per heavy atom. The van der Waals surface area contributed by atoms with Crippen molar-refractivity contribution in [1.29, 1.82) is 0 Å². The number of ether oxygens (including phenoxy) is 2. The van der Waals surface area contributed by atoms with Crippen molar-refractivity contribution < 1.29 is 24.5 Å². The van der Waals surface area contributed by atoms with Crippen molar-refractivity contribution in [3.8, 4) is 0 Å². The Balaban J connectivity index is 3.93. The molecule has 0 aromatic rings. The molecular formula is C11H23NO5. The van der Waals surface area contributed by atoms with Crippen LogP contribution < -0.4 is 0 Å². The molecule has 1 unspecified atom stereocenters. The number of aliphatic carboxylic acids is 1. The second-order valence-corrected chi connectivity index (χ2v) is 3.89. The summed E-state index contributed by atoms with van der Waals surface area (Å²) in [6.07, 6.45) is -0.222. The van der Waals surface area contributed by atoms with Gasteiger partial charge in [0.2, 0.25) is 0 Å². The molecule has 0 aromatic heterocycles. The van der Waals surface area contributed by atoms with E-state index >= 15 is 0 Å². The van der Waals surface area contributed by atoms with Crippen LogP contribution in [0.4, 0.5) is 0 Å². The molecule has 102 valence electrons. The van der Waals surface area contributed by atoms with Gasteiger partial charge in [-0.25, -0.2) is 0 Å². The van der Waals surface area contributed by atoms with Gasteiger partial charge in [-0.05, 0) is 6.42 Å². The van der Waals surface area contributed by atoms with E-state index in [0.717, 1.165) is 13.0 Å². The lowest BCUT2D eigenvalue weighted by Crippen LogP contribution is -2.36. The predicted octanol–water partition coefficient (Wildman–Crippen LogP) is -0.193. The van der Waals surface area contributed by atoms with Crippen LogP contribution in [0.3, 0.4) is 0 Å². The van der Waals surface area contributed by atoms with Gasteiger partial charge in [0, 0.05) is 40.5 Å². The fourth-order valence-corrected chi connectivity index (χ4v) is 1.51. The Bertz CT molecular complexity index is 200. The van der Waals surface area contributed by atoms with Gasteiger partial charge in [0.25, 0.3) is 0 Å². The van der Waals surface area contributed by atoms with E-state index in [1.165, 1.54) is 0 Å². The molecule has 0 spiro atoms. The highest BCUT2D eigenvalue weighted by Crippen LogP contribution is 1.99. The number of aliphatic hydroxyl groups is 1. The molecule has 17 heavy (non-hydrogen) atoms. The monoisotopic (exact) mass is 249 g/mol. The van der Waals surface area contributed by atoms with Crippen LogP contribution in [0.5, 0.6) is 0 Å². The molecule has 6 heteroatoms. The summed E-state index contributed by atoms with van der Waals surface area (Å²) >= 11 is 0. The summed E-state index contributed by atoms with van der Waals surface area (Å²) in [5.41, 5.74) is 0. The van der Waals surface area contributed by atoms with E-state index in [-0.39, 0.29) is 6.42 Å². The Labute approximate surface area is 102 Å². The molecule has 2 N–H and O–H groups in total. The first-order valence-corrected chi connectivity index (χ1v) is 5.70. The SMILES string of the molecule is COCCCN(CCOC)CC(O)CC(=O)O. The zero-order chi connectivity index (χ0) is 13.1. The van der Waals surface area contributed by atoms with Crippen LogP contribution in [0.25, 0.3) is 0 Å². The molecule has 1 atom stereocenters. The van der Waals surface area contributed by atoms with E-state index in [1.807, 2.05) is 4.90 Å². The minimum atomic E-state index is -0.985. The number of nitrogens with zero attached hydrogens (tertiary/aromatic N) is 1. The van der Waals surface area contributed by atoms with Crippen molar-refractivity contribution >= 4 is 5.97 Å². The summed E-state index contributed by atoms with van der Waals surface area (Å²) in [4.78, 5) is 12.4. The Kier molecular flexibility index (Phi) is 10.0. The Hall–Kier alpha value is -0.690. The molecule has 0 radical (unpaired) electrons. The topological polar surface area (TPSA) is 79.2 Å². The van der Waals surface area contributed by atoms with E-state index in [2.05, 4.69) is 0 Å². The summed E-state index contributed by atoms with van der Waals surface area (Å²) in [6, 6.07) is 0. The third-order valence-corrected chi connectivity index (χ3v) is 2.31. The van der Waals surface area contributed by atoms with Gasteiger partial charge < -0.3 is 19.7 Å². The lowest BCUT2D eigenvalue weighted by atomic mass is 10.2. The maximum absolute atomic E-state index is 10.4. The summed E-state index contributed by atoms with van der Waals surface area (Å²) < 4.78 is 9.92. The second-order valence-electron chi connectivity index (χ2n) is 3.89. The largest absolute Gasteiger partial charge is 0.481 e. The van der Waals surface area contributed by atoms with Gasteiger partial charge in [-0.3, -0.25) is 9.69 Å². The highest BCUT2D eigenvalue weighted by molar-refractivity contribution is 5.67. The Morgan fingerprint density at radius 3 is 2.41 bits per heavy atom. The number of carboxylic acids is 1. The van der Waals surface area contributed by atoms with Gasteiger partial charge in [0.05, 0.1) is 19.1 Å². The van der Waals surface area contributed by atoms with Crippen molar-refractivity contribution in [2.24, 2.45) is 0 Å². The average molecular weight is 249 g/mol. The van der Waals surface area contributed by atoms with E-state index in [9.17, 15) is 9.90 Å². The van der Waals surface area contributed by atoms with Gasteiger partial charge in [-0.1, -0.05) is 0 Å². The van der Waals surface area contributed by atoms with Gasteiger partial charge in [-0.2, -0.15) is 0 Å². The lowest BCUT2D eigenvalue weighted by Gasteiger charge is -2.24. The zero-order valence-electron chi connectivity index (χ0n) is 10.6. The molecule has 6 nitrogen and oxygen atoms in total. The zero-order valence-corrected chi connectivity index (χ0v) is 10.6. The molecule has 0 aromatic carbocycles. The third-order valence-electron chi connectivity index (χ3n) is 2.31. The van der Waals surface area contributed by atoms with E-state index in [0.29, 0.717) is 26.3 Å². The van der Waals surface area contributed by atoms with Gasteiger partial charge in [0.15, 0.2) is 0 Å². The van der Waals surface area contributed by atoms with E-state index in [1.54, 1.807) is 14.2 Å². The highest BCUT2D eigenvalue weighted by Gasteiger charge is 2.14. The number of carbonyl (C=O) groups is 1. The van der Waals surface area contributed by atoms with Crippen LogP contribution in [0.15, 0.2) is 0 Å². The van der Waals surface area contributed by atoms with E-state index < -0.39 is 12.1 Å². The highest BCUT2D eigenvalue weighted by atomic mass is 16.5. The normalized spacial score (nSPS) is 12.9. The molecule has 0 aliphatic rings. The Morgan fingerprint density at radius 1 is 1.24 bits per heavy atom. The smallest absolute Gasteiger partial charge is 0.306 e. The van der Waals surface area contributed by atoms with Gasteiger partial charge in [-0.15, -0.1) is 0 Å². The molecule has 0 saturated heterocycles. The maximum Gasteiger partial charge on any atom is 0.306 e. The first-order chi connectivity index (χ1) is 8.10. The third kappa shape index (κ3) is 10.2. The molecule has 0 aliphatic carbocycles. The number of methoxy groups -OCH3 is 2. The van der Waals surface area contributed by atoms with Crippen molar-refractivity contribution in [2.45, 2.75) is 18.9 Å². The number of aliphatic hydroxyl groups excluding tert-OH is 1. The number of hydrogen-bond donors (Lipinski definition) is 2. The summed E-state index contributed by atoms with van der Waals surface area (Å²) in [5.74, 6) is -0.985. The molecule has 0 bridgehead atoms. The molecule has 0 heterocycles. The summed E-state index contributed by atoms with van der Waals surface area (Å²) in [7, 11) is 3.25. The lowest BCUT2D eigenvalue weighted by molar-refractivity contribution is -0.139. The molecule has 0 saturated carbocycles. The summed E-state index contributed by atoms with van der Waals surface area (Å²) in [5, 5.41) is 18.1. The average Bonchev–Trinajstić information content (AvgIpc) is 2.24. The molecular weight excluding hydrogens is 226 g/mol. The second kappa shape index (κ2) is 10.5. The van der Waals surface area contributed by atoms with Crippen LogP contribution in [0, 0.1) is 0 Å². The van der Waals surface area contributed by atoms with Crippen molar-refractivity contribution in [3.63, 3.8) is 0 Å². The standard InChI is InChI=1S/C11H23NO5/c1-16-6-3-4-12(5-7-17-2)9-10(13)8-11(14)15/h10,13H,3-9H2,1-2H3,(H,14,15). The molecule has 0 fully saturated rings. The fraction of sp³-hybridized carbons (Fsp3) is 0.909. The molecule has 0 amide bonds. The van der Waals surface area contributed by atoms with Gasteiger partial charge >= 0.3 is 5.97 Å². The number of hydrogen-bond acceptors (Lipinski definition) is 5. The molecule has 0 aliphatic heterocycles. The quantitative estimate of drug-likeness (QED) is 0.494. The van der Waals surface area contributed by atoms with Crippen LogP contribution in [-0.2, 0) is 14.3 Å². The minimum Gasteiger partial charge on any atom is -0.481 e. The van der Waals surface area contributed by atoms with Crippen LogP contribution in [-0.4, -0.2) is 74.3 Å². The van der Waals surface area contributed by atoms with Crippen molar-refractivity contribution in [3.05, 3.63) is 0 Å².